The second kappa shape index (κ2) is 8.17. The normalized spacial score (nSPS) is 13.0. The smallest absolute Gasteiger partial charge is 0.191 e. The lowest BCUT2D eigenvalue weighted by molar-refractivity contribution is 0.537. The zero-order valence-electron chi connectivity index (χ0n) is 13.9. The zero-order chi connectivity index (χ0) is 16.6. The molecule has 1 aromatic carbocycles. The van der Waals surface area contributed by atoms with Gasteiger partial charge in [0.25, 0.3) is 0 Å². The van der Waals surface area contributed by atoms with Crippen molar-refractivity contribution in [1.82, 2.24) is 10.6 Å². The Morgan fingerprint density at radius 1 is 1.18 bits per heavy atom. The second-order valence-corrected chi connectivity index (χ2v) is 8.26. The Morgan fingerprint density at radius 3 is 2.36 bits per heavy atom. The highest BCUT2D eigenvalue weighted by Gasteiger charge is 2.20. The Hall–Kier alpha value is -1.56. The summed E-state index contributed by atoms with van der Waals surface area (Å²) in [6, 6.07) is 10.2. The van der Waals surface area contributed by atoms with Crippen molar-refractivity contribution >= 4 is 15.8 Å². The third-order valence-corrected chi connectivity index (χ3v) is 4.24. The van der Waals surface area contributed by atoms with Crippen molar-refractivity contribution in [2.75, 3.05) is 31.6 Å². The van der Waals surface area contributed by atoms with Crippen molar-refractivity contribution in [1.29, 1.82) is 0 Å². The highest BCUT2D eigenvalue weighted by atomic mass is 32.2. The Labute approximate surface area is 134 Å². The van der Waals surface area contributed by atoms with Gasteiger partial charge in [0.2, 0.25) is 0 Å². The van der Waals surface area contributed by atoms with Gasteiger partial charge in [-0.05, 0) is 12.5 Å². The first-order valence-electron chi connectivity index (χ1n) is 7.50. The van der Waals surface area contributed by atoms with Crippen LogP contribution in [0.4, 0.5) is 0 Å². The molecule has 0 saturated heterocycles. The largest absolute Gasteiger partial charge is 0.357 e. The molecule has 124 valence electrons. The minimum absolute atomic E-state index is 0.0829. The van der Waals surface area contributed by atoms with E-state index >= 15 is 0 Å². The van der Waals surface area contributed by atoms with Crippen molar-refractivity contribution in [3.05, 3.63) is 35.9 Å². The molecule has 0 radical (unpaired) electrons. The molecule has 1 aromatic rings. The second-order valence-electron chi connectivity index (χ2n) is 6.00. The number of hydrogen-bond donors (Lipinski definition) is 2. The van der Waals surface area contributed by atoms with E-state index in [0.717, 1.165) is 6.54 Å². The fraction of sp³-hybridized carbons (Fsp3) is 0.562. The number of nitrogens with one attached hydrogen (secondary N) is 2. The number of guanidine groups is 1. The molecule has 0 heterocycles. The maximum Gasteiger partial charge on any atom is 0.191 e. The van der Waals surface area contributed by atoms with Crippen molar-refractivity contribution in [2.45, 2.75) is 26.2 Å². The molecular weight excluding hydrogens is 298 g/mol. The van der Waals surface area contributed by atoms with E-state index in [1.807, 2.05) is 25.1 Å². The highest BCUT2D eigenvalue weighted by Crippen LogP contribution is 2.22. The lowest BCUT2D eigenvalue weighted by Gasteiger charge is -2.23. The lowest BCUT2D eigenvalue weighted by Crippen LogP contribution is -2.40. The van der Waals surface area contributed by atoms with Gasteiger partial charge in [-0.25, -0.2) is 8.42 Å². The molecule has 2 N–H and O–H groups in total. The average molecular weight is 325 g/mol. The molecule has 0 unspecified atom stereocenters. The van der Waals surface area contributed by atoms with E-state index < -0.39 is 9.84 Å². The van der Waals surface area contributed by atoms with Crippen LogP contribution in [0.2, 0.25) is 0 Å². The molecule has 5 nitrogen and oxygen atoms in total. The molecule has 0 aromatic heterocycles. The Bertz CT molecular complexity index is 581. The number of sulfone groups is 1. The van der Waals surface area contributed by atoms with Gasteiger partial charge in [-0.3, -0.25) is 4.99 Å². The third-order valence-electron chi connectivity index (χ3n) is 3.30. The molecule has 0 saturated carbocycles. The van der Waals surface area contributed by atoms with Gasteiger partial charge in [0.1, 0.15) is 9.84 Å². The summed E-state index contributed by atoms with van der Waals surface area (Å²) in [5.41, 5.74) is 1.14. The van der Waals surface area contributed by atoms with Gasteiger partial charge in [-0.1, -0.05) is 44.2 Å². The first kappa shape index (κ1) is 18.5. The molecule has 0 aliphatic heterocycles. The van der Waals surface area contributed by atoms with Crippen LogP contribution < -0.4 is 10.6 Å². The van der Waals surface area contributed by atoms with Crippen LogP contribution in [0.25, 0.3) is 0 Å². The van der Waals surface area contributed by atoms with Gasteiger partial charge in [-0.15, -0.1) is 0 Å². The molecule has 0 amide bonds. The molecule has 0 bridgehead atoms. The third kappa shape index (κ3) is 6.93. The fourth-order valence-electron chi connectivity index (χ4n) is 1.95. The van der Waals surface area contributed by atoms with Crippen molar-refractivity contribution in [2.24, 2.45) is 4.99 Å². The SMILES string of the molecule is CCNC(=NCC(C)(C)c1ccccc1)NCCS(C)(=O)=O. The molecule has 0 aliphatic rings. The van der Waals surface area contributed by atoms with E-state index in [9.17, 15) is 8.42 Å². The molecule has 22 heavy (non-hydrogen) atoms. The fourth-order valence-corrected chi connectivity index (χ4v) is 2.43. The molecule has 0 fully saturated rings. The predicted molar refractivity (Wildman–Crippen MR) is 93.2 cm³/mol. The van der Waals surface area contributed by atoms with Crippen LogP contribution in [0.1, 0.15) is 26.3 Å². The molecule has 6 heteroatoms. The highest BCUT2D eigenvalue weighted by molar-refractivity contribution is 7.90. The summed E-state index contributed by atoms with van der Waals surface area (Å²) in [5, 5.41) is 6.20. The molecule has 0 spiro atoms. The molecule has 0 aliphatic carbocycles. The summed E-state index contributed by atoms with van der Waals surface area (Å²) in [6.07, 6.45) is 1.23. The Balaban J connectivity index is 2.68. The van der Waals surface area contributed by atoms with Crippen LogP contribution in [-0.4, -0.2) is 46.0 Å². The molecule has 1 rings (SSSR count). The van der Waals surface area contributed by atoms with Gasteiger partial charge in [-0.2, -0.15) is 0 Å². The van der Waals surface area contributed by atoms with E-state index in [4.69, 9.17) is 0 Å². The number of hydrogen-bond acceptors (Lipinski definition) is 3. The lowest BCUT2D eigenvalue weighted by atomic mass is 9.85. The van der Waals surface area contributed by atoms with E-state index in [2.05, 4.69) is 41.6 Å². The first-order chi connectivity index (χ1) is 10.2. The summed E-state index contributed by atoms with van der Waals surface area (Å²) in [4.78, 5) is 4.58. The maximum atomic E-state index is 11.2. The van der Waals surface area contributed by atoms with Crippen LogP contribution in [0.3, 0.4) is 0 Å². The van der Waals surface area contributed by atoms with E-state index in [1.54, 1.807) is 0 Å². The van der Waals surface area contributed by atoms with Gasteiger partial charge in [0.05, 0.1) is 12.3 Å². The van der Waals surface area contributed by atoms with Gasteiger partial charge in [0, 0.05) is 24.8 Å². The molecular formula is C16H27N3O2S. The van der Waals surface area contributed by atoms with Crippen LogP contribution in [0, 0.1) is 0 Å². The number of aliphatic imine (C=N–C) groups is 1. The van der Waals surface area contributed by atoms with Crippen LogP contribution in [-0.2, 0) is 15.3 Å². The van der Waals surface area contributed by atoms with Crippen molar-refractivity contribution < 1.29 is 8.42 Å². The number of nitrogens with zero attached hydrogens (tertiary/aromatic N) is 1. The summed E-state index contributed by atoms with van der Waals surface area (Å²) >= 11 is 0. The standard InChI is InChI=1S/C16H27N3O2S/c1-5-17-15(18-11-12-22(4,20)21)19-13-16(2,3)14-9-7-6-8-10-14/h6-10H,5,11-13H2,1-4H3,(H2,17,18,19). The van der Waals surface area contributed by atoms with Crippen LogP contribution in [0.5, 0.6) is 0 Å². The maximum absolute atomic E-state index is 11.2. The Morgan fingerprint density at radius 2 is 1.82 bits per heavy atom. The van der Waals surface area contributed by atoms with E-state index in [-0.39, 0.29) is 11.2 Å². The van der Waals surface area contributed by atoms with Crippen LogP contribution in [0.15, 0.2) is 35.3 Å². The van der Waals surface area contributed by atoms with Gasteiger partial charge >= 0.3 is 0 Å². The first-order valence-corrected chi connectivity index (χ1v) is 9.56. The van der Waals surface area contributed by atoms with Crippen molar-refractivity contribution in [3.8, 4) is 0 Å². The van der Waals surface area contributed by atoms with Crippen LogP contribution >= 0.6 is 0 Å². The zero-order valence-corrected chi connectivity index (χ0v) is 14.7. The molecule has 0 atom stereocenters. The number of rotatable bonds is 7. The number of benzene rings is 1. The minimum Gasteiger partial charge on any atom is -0.357 e. The predicted octanol–water partition coefficient (Wildman–Crippen LogP) is 1.56. The van der Waals surface area contributed by atoms with E-state index in [0.29, 0.717) is 19.0 Å². The minimum atomic E-state index is -2.97. The summed E-state index contributed by atoms with van der Waals surface area (Å²) in [5.74, 6) is 0.745. The van der Waals surface area contributed by atoms with E-state index in [1.165, 1.54) is 11.8 Å². The summed E-state index contributed by atoms with van der Waals surface area (Å²) < 4.78 is 22.3. The monoisotopic (exact) mass is 325 g/mol. The topological polar surface area (TPSA) is 70.6 Å². The van der Waals surface area contributed by atoms with Gasteiger partial charge in [0.15, 0.2) is 5.96 Å². The van der Waals surface area contributed by atoms with Crippen molar-refractivity contribution in [3.63, 3.8) is 0 Å². The Kier molecular flexibility index (Phi) is 6.87. The summed E-state index contributed by atoms with van der Waals surface area (Å²) in [7, 11) is -2.97. The average Bonchev–Trinajstić information content (AvgIpc) is 2.44. The van der Waals surface area contributed by atoms with Gasteiger partial charge < -0.3 is 10.6 Å². The summed E-state index contributed by atoms with van der Waals surface area (Å²) in [6.45, 7) is 7.98. The quantitative estimate of drug-likeness (QED) is 0.590.